The molecule has 4 aliphatic rings. The molecule has 18 nitrogen and oxygen atoms in total. The van der Waals surface area contributed by atoms with E-state index in [4.69, 9.17) is 50.6 Å². The first-order chi connectivity index (χ1) is 29.6. The van der Waals surface area contributed by atoms with Crippen LogP contribution in [0.5, 0.6) is 5.75 Å². The lowest BCUT2D eigenvalue weighted by molar-refractivity contribution is -0.193. The number of nitrogens with two attached hydrogens (primary N) is 2. The number of rotatable bonds is 9. The number of hydrogen-bond donors (Lipinski definition) is 7. The number of ether oxygens (including phenoxy) is 2. The molecule has 3 aliphatic heterocycles. The molecule has 3 heterocycles. The summed E-state index contributed by atoms with van der Waals surface area (Å²) in [6.07, 6.45) is -9.00. The molecule has 3 fully saturated rings. The van der Waals surface area contributed by atoms with Crippen molar-refractivity contribution in [3.63, 3.8) is 0 Å². The van der Waals surface area contributed by atoms with Gasteiger partial charge in [-0.25, -0.2) is 19.4 Å². The zero-order chi connectivity index (χ0) is 48.7. The summed E-state index contributed by atoms with van der Waals surface area (Å²) >= 11 is 0. The van der Waals surface area contributed by atoms with Crippen molar-refractivity contribution in [3.05, 3.63) is 29.8 Å². The van der Waals surface area contributed by atoms with Crippen LogP contribution >= 0.6 is 0 Å². The lowest BCUT2D eigenvalue weighted by Crippen LogP contribution is -2.66. The number of benzene rings is 1. The third kappa shape index (κ3) is 17.2. The predicted octanol–water partition coefficient (Wildman–Crippen LogP) is 2.94. The number of nitrogens with zero attached hydrogens (tertiary/aromatic N) is 3. The number of fused-ring (bicyclic) bond motifs is 2. The number of carboxylic acid groups (broad SMARTS) is 3. The van der Waals surface area contributed by atoms with Crippen LogP contribution < -0.4 is 26.8 Å². The van der Waals surface area contributed by atoms with E-state index in [0.717, 1.165) is 56.4 Å². The van der Waals surface area contributed by atoms with Crippen LogP contribution in [0.3, 0.4) is 0 Å². The molecule has 0 radical (unpaired) electrons. The molecule has 5 rings (SSSR count). The Hall–Kier alpha value is -5.60. The van der Waals surface area contributed by atoms with Gasteiger partial charge in [-0.3, -0.25) is 19.3 Å². The maximum atomic E-state index is 14.6. The molecule has 2 saturated heterocycles. The highest BCUT2D eigenvalue weighted by Gasteiger charge is 2.48. The molecule has 0 unspecified atom stereocenters. The molecule has 0 aromatic heterocycles. The summed E-state index contributed by atoms with van der Waals surface area (Å²) in [7, 11) is 0. The molecule has 9 N–H and O–H groups in total. The van der Waals surface area contributed by atoms with Gasteiger partial charge in [0.05, 0.1) is 18.8 Å². The molecule has 64 heavy (non-hydrogen) atoms. The highest BCUT2D eigenvalue weighted by Crippen LogP contribution is 2.34. The number of hydrogen-bond acceptors (Lipinski definition) is 10. The number of carbonyl (C=O) groups is 6. The Kier molecular flexibility index (Phi) is 20.4. The summed E-state index contributed by atoms with van der Waals surface area (Å²) < 4.78 is 107. The third-order valence-corrected chi connectivity index (χ3v) is 10.1. The number of guanidine groups is 1. The van der Waals surface area contributed by atoms with Crippen molar-refractivity contribution in [3.8, 4) is 5.75 Å². The predicted molar refractivity (Wildman–Crippen MR) is 203 cm³/mol. The Morgan fingerprint density at radius 3 is 1.88 bits per heavy atom. The van der Waals surface area contributed by atoms with Gasteiger partial charge in [0, 0.05) is 44.3 Å². The number of halogens is 9. The summed E-state index contributed by atoms with van der Waals surface area (Å²) in [5.74, 6) is -8.54. The second kappa shape index (κ2) is 23.9. The molecule has 0 bridgehead atoms. The standard InChI is InChI=1S/C31H47N7O5.3C2HF3O2/c1-3-42-22-15-21-16-38(30(41)27(20-9-5-4-6-10-20)36-28(39)19(2)34-31(32)33)25(18-37(21)17-22)29(40)35-24-13-14-43-26-12-8-7-11-23(24)26;3*3-2(4,5)1(6)7/h7-8,11-12,19-22,24-25,27H,3-6,9-10,13-18H2,1-2H3,(H,35,40)(H,36,39)(H4,32,33,34);3*(H,6,7)/t19-,21+,22+,24+,25-,27-;;;/m0.../s1. The van der Waals surface area contributed by atoms with Crippen molar-refractivity contribution in [2.75, 3.05) is 32.8 Å². The average Bonchev–Trinajstić information content (AvgIpc) is 3.60. The molecular weight excluding hydrogens is 889 g/mol. The Morgan fingerprint density at radius 1 is 0.844 bits per heavy atom. The first-order valence-electron chi connectivity index (χ1n) is 19.6. The number of amides is 3. The van der Waals surface area contributed by atoms with Crippen molar-refractivity contribution in [2.45, 2.75) is 114 Å². The van der Waals surface area contributed by atoms with E-state index < -0.39 is 60.5 Å². The summed E-state index contributed by atoms with van der Waals surface area (Å²) in [6, 6.07) is 5.29. The van der Waals surface area contributed by atoms with Crippen molar-refractivity contribution >= 4 is 41.6 Å². The number of carboxylic acids is 3. The number of nitrogens with one attached hydrogen (secondary N) is 2. The molecule has 1 aromatic rings. The van der Waals surface area contributed by atoms with Crippen molar-refractivity contribution in [2.24, 2.45) is 22.4 Å². The Balaban J connectivity index is 0.000000553. The first kappa shape index (κ1) is 54.5. The molecule has 1 aliphatic carbocycles. The van der Waals surface area contributed by atoms with Crippen molar-refractivity contribution < 1.29 is 93.1 Å². The third-order valence-electron chi connectivity index (χ3n) is 10.1. The number of aliphatic carboxylic acids is 3. The SMILES string of the molecule is CCO[C@@H]1C[C@@H]2CN(C(=O)[C@@H](NC(=O)[C@H](C)N=C(N)N)C3CCCCC3)[C@H](C(=O)N[C@@H]3CCOc4ccccc43)CN2C1.O=C(O)C(F)(F)F.O=C(O)C(F)(F)F.O=C(O)C(F)(F)F. The van der Waals surface area contributed by atoms with Crippen LogP contribution in [0.25, 0.3) is 0 Å². The average molecular weight is 940 g/mol. The van der Waals surface area contributed by atoms with Gasteiger partial charge in [0.1, 0.15) is 23.9 Å². The minimum absolute atomic E-state index is 0.0273. The van der Waals surface area contributed by atoms with Gasteiger partial charge in [0.2, 0.25) is 17.7 Å². The van der Waals surface area contributed by atoms with Crippen LogP contribution in [0.2, 0.25) is 0 Å². The van der Waals surface area contributed by atoms with Gasteiger partial charge >= 0.3 is 36.4 Å². The van der Waals surface area contributed by atoms with E-state index in [-0.39, 0.29) is 41.9 Å². The van der Waals surface area contributed by atoms with Crippen LogP contribution in [-0.4, -0.2) is 148 Å². The topological polar surface area (TPSA) is 277 Å². The fraction of sp³-hybridized carbons (Fsp3) is 0.649. The smallest absolute Gasteiger partial charge is 0.490 e. The van der Waals surface area contributed by atoms with Crippen LogP contribution in [0.15, 0.2) is 29.3 Å². The van der Waals surface area contributed by atoms with E-state index in [9.17, 15) is 53.9 Å². The van der Waals surface area contributed by atoms with E-state index in [1.807, 2.05) is 31.2 Å². The molecule has 27 heteroatoms. The van der Waals surface area contributed by atoms with Gasteiger partial charge in [-0.15, -0.1) is 0 Å². The van der Waals surface area contributed by atoms with E-state index in [1.165, 1.54) is 0 Å². The summed E-state index contributed by atoms with van der Waals surface area (Å²) in [6.45, 7) is 6.23. The normalized spacial score (nSPS) is 22.0. The number of para-hydroxylation sites is 1. The number of aliphatic imine (C=N–C) groups is 1. The summed E-state index contributed by atoms with van der Waals surface area (Å²) in [5, 5.41) is 27.6. The Labute approximate surface area is 359 Å². The minimum Gasteiger partial charge on any atom is -0.493 e. The maximum absolute atomic E-state index is 14.6. The quantitative estimate of drug-likeness (QED) is 0.107. The van der Waals surface area contributed by atoms with Gasteiger partial charge < -0.3 is 51.8 Å². The molecule has 6 atom stereocenters. The van der Waals surface area contributed by atoms with Gasteiger partial charge in [0.15, 0.2) is 5.96 Å². The molecule has 1 aromatic carbocycles. The van der Waals surface area contributed by atoms with Crippen LogP contribution in [0.1, 0.15) is 70.4 Å². The highest BCUT2D eigenvalue weighted by atomic mass is 19.4. The highest BCUT2D eigenvalue weighted by molar-refractivity contribution is 5.94. The fourth-order valence-electron chi connectivity index (χ4n) is 7.19. The fourth-order valence-corrected chi connectivity index (χ4v) is 7.19. The van der Waals surface area contributed by atoms with Gasteiger partial charge in [-0.1, -0.05) is 37.5 Å². The van der Waals surface area contributed by atoms with E-state index in [0.29, 0.717) is 32.7 Å². The second-order valence-electron chi connectivity index (χ2n) is 14.7. The molecule has 3 amide bonds. The van der Waals surface area contributed by atoms with Crippen molar-refractivity contribution in [1.82, 2.24) is 20.4 Å². The number of piperazine rings is 1. The van der Waals surface area contributed by atoms with Crippen LogP contribution in [0.4, 0.5) is 39.5 Å². The Bertz CT molecular complexity index is 1730. The molecule has 362 valence electrons. The van der Waals surface area contributed by atoms with Crippen LogP contribution in [-0.2, 0) is 33.5 Å². The van der Waals surface area contributed by atoms with Crippen LogP contribution in [0, 0.1) is 5.92 Å². The van der Waals surface area contributed by atoms with E-state index in [2.05, 4.69) is 20.5 Å². The summed E-state index contributed by atoms with van der Waals surface area (Å²) in [4.78, 5) is 76.5. The van der Waals surface area contributed by atoms with E-state index >= 15 is 0 Å². The van der Waals surface area contributed by atoms with Gasteiger partial charge in [-0.2, -0.15) is 39.5 Å². The summed E-state index contributed by atoms with van der Waals surface area (Å²) in [5.41, 5.74) is 12.0. The lowest BCUT2D eigenvalue weighted by Gasteiger charge is -2.45. The minimum atomic E-state index is -5.08. The largest absolute Gasteiger partial charge is 0.493 e. The maximum Gasteiger partial charge on any atom is 0.490 e. The van der Waals surface area contributed by atoms with Gasteiger partial charge in [0.25, 0.3) is 0 Å². The Morgan fingerprint density at radius 2 is 1.38 bits per heavy atom. The zero-order valence-corrected chi connectivity index (χ0v) is 34.3. The zero-order valence-electron chi connectivity index (χ0n) is 34.3. The molecule has 1 saturated carbocycles. The number of alkyl halides is 9. The molecular formula is C37H50F9N7O11. The van der Waals surface area contributed by atoms with E-state index in [1.54, 1.807) is 11.8 Å². The van der Waals surface area contributed by atoms with Crippen molar-refractivity contribution in [1.29, 1.82) is 0 Å². The number of carbonyl (C=O) groups excluding carboxylic acids is 3. The first-order valence-corrected chi connectivity index (χ1v) is 19.6. The monoisotopic (exact) mass is 939 g/mol. The molecule has 0 spiro atoms. The van der Waals surface area contributed by atoms with Gasteiger partial charge in [-0.05, 0) is 45.1 Å². The second-order valence-corrected chi connectivity index (χ2v) is 14.7. The lowest BCUT2D eigenvalue weighted by atomic mass is 9.82.